The van der Waals surface area contributed by atoms with Crippen LogP contribution in [0.5, 0.6) is 0 Å². The maximum absolute atomic E-state index is 11.7. The number of hydrogen-bond acceptors (Lipinski definition) is 4. The number of nitrogens with zero attached hydrogens (tertiary/aromatic N) is 1. The molecule has 2 amide bonds. The molecule has 3 rings (SSSR count). The van der Waals surface area contributed by atoms with Gasteiger partial charge in [0.1, 0.15) is 5.70 Å². The summed E-state index contributed by atoms with van der Waals surface area (Å²) in [6.45, 7) is 0. The highest BCUT2D eigenvalue weighted by Crippen LogP contribution is 2.37. The van der Waals surface area contributed by atoms with Gasteiger partial charge < -0.3 is 5.73 Å². The van der Waals surface area contributed by atoms with Crippen LogP contribution in [0.1, 0.15) is 11.5 Å². The average molecular weight is 227 g/mol. The Kier molecular flexibility index (Phi) is 1.89. The molecule has 1 unspecified atom stereocenters. The van der Waals surface area contributed by atoms with Gasteiger partial charge in [0.25, 0.3) is 11.8 Å². The third-order valence-electron chi connectivity index (χ3n) is 2.95. The van der Waals surface area contributed by atoms with Crippen LogP contribution in [-0.2, 0) is 9.59 Å². The molecule has 0 aromatic heterocycles. The van der Waals surface area contributed by atoms with Crippen molar-refractivity contribution in [3.05, 3.63) is 41.1 Å². The number of rotatable bonds is 1. The second-order valence-electron chi connectivity index (χ2n) is 3.93. The lowest BCUT2D eigenvalue weighted by Crippen LogP contribution is -2.25. The Morgan fingerprint density at radius 1 is 1.18 bits per heavy atom. The molecule has 84 valence electrons. The highest BCUT2D eigenvalue weighted by Gasteiger charge is 2.36. The first kappa shape index (κ1) is 9.77. The van der Waals surface area contributed by atoms with E-state index in [2.05, 4.69) is 10.3 Å². The van der Waals surface area contributed by atoms with Gasteiger partial charge in [-0.15, -0.1) is 0 Å². The van der Waals surface area contributed by atoms with Gasteiger partial charge in [-0.3, -0.25) is 19.9 Å². The van der Waals surface area contributed by atoms with E-state index in [0.717, 1.165) is 11.3 Å². The smallest absolute Gasteiger partial charge is 0.274 e. The fraction of sp³-hybridized carbons (Fsp3) is 0.0833. The van der Waals surface area contributed by atoms with Crippen molar-refractivity contribution in [3.8, 4) is 0 Å². The van der Waals surface area contributed by atoms with E-state index in [9.17, 15) is 9.59 Å². The molecule has 2 aliphatic heterocycles. The Labute approximate surface area is 97.0 Å². The number of imide groups is 1. The van der Waals surface area contributed by atoms with Gasteiger partial charge in [-0.1, -0.05) is 18.2 Å². The minimum absolute atomic E-state index is 0.0110. The topological polar surface area (TPSA) is 84.5 Å². The molecule has 0 saturated carbocycles. The zero-order chi connectivity index (χ0) is 12.0. The summed E-state index contributed by atoms with van der Waals surface area (Å²) in [6.07, 6.45) is 1.64. The number of nitrogens with two attached hydrogens (primary N) is 1. The first-order chi connectivity index (χ1) is 8.18. The predicted octanol–water partition coefficient (Wildman–Crippen LogP) is 0.355. The number of nitrogens with one attached hydrogen (secondary N) is 1. The van der Waals surface area contributed by atoms with Crippen molar-refractivity contribution in [2.24, 2.45) is 10.7 Å². The monoisotopic (exact) mass is 227 g/mol. The van der Waals surface area contributed by atoms with Gasteiger partial charge in [0, 0.05) is 6.21 Å². The highest BCUT2D eigenvalue weighted by atomic mass is 16.2. The van der Waals surface area contributed by atoms with E-state index in [1.54, 1.807) is 6.21 Å². The molecule has 1 aromatic rings. The molecule has 17 heavy (non-hydrogen) atoms. The summed E-state index contributed by atoms with van der Waals surface area (Å²) < 4.78 is 0. The van der Waals surface area contributed by atoms with Gasteiger partial charge in [-0.05, 0) is 11.6 Å². The first-order valence-electron chi connectivity index (χ1n) is 5.17. The normalized spacial score (nSPS) is 22.0. The van der Waals surface area contributed by atoms with Crippen LogP contribution in [0.2, 0.25) is 0 Å². The zero-order valence-electron chi connectivity index (χ0n) is 8.81. The van der Waals surface area contributed by atoms with Crippen molar-refractivity contribution in [2.45, 2.75) is 5.92 Å². The number of aliphatic imine (C=N–C) groups is 1. The maximum Gasteiger partial charge on any atom is 0.274 e. The Morgan fingerprint density at radius 2 is 1.94 bits per heavy atom. The summed E-state index contributed by atoms with van der Waals surface area (Å²) >= 11 is 0. The molecule has 1 aromatic carbocycles. The number of carbonyl (C=O) groups excluding carboxylic acids is 2. The summed E-state index contributed by atoms with van der Waals surface area (Å²) in [5, 5.41) is 2.19. The molecule has 0 spiro atoms. The van der Waals surface area contributed by atoms with Gasteiger partial charge >= 0.3 is 0 Å². The van der Waals surface area contributed by atoms with E-state index in [4.69, 9.17) is 5.73 Å². The minimum Gasteiger partial charge on any atom is -0.394 e. The van der Waals surface area contributed by atoms with Crippen LogP contribution in [0, 0.1) is 0 Å². The van der Waals surface area contributed by atoms with Gasteiger partial charge in [0.15, 0.2) is 0 Å². The SMILES string of the molecule is NC1=C(C2C=Nc3ccccc32)C(=O)NC1=O. The quantitative estimate of drug-likeness (QED) is 0.679. The van der Waals surface area contributed by atoms with E-state index < -0.39 is 11.8 Å². The second-order valence-corrected chi connectivity index (χ2v) is 3.93. The lowest BCUT2D eigenvalue weighted by molar-refractivity contribution is -0.124. The van der Waals surface area contributed by atoms with Crippen molar-refractivity contribution in [2.75, 3.05) is 0 Å². The maximum atomic E-state index is 11.7. The standard InChI is InChI=1S/C12H9N3O2/c13-10-9(11(16)15-12(10)17)7-5-14-8-4-2-1-3-6(7)8/h1-5,7H,(H3,13,15,16,17). The molecule has 0 bridgehead atoms. The lowest BCUT2D eigenvalue weighted by Gasteiger charge is -2.08. The van der Waals surface area contributed by atoms with E-state index in [0.29, 0.717) is 5.57 Å². The molecular formula is C12H9N3O2. The molecule has 0 saturated heterocycles. The molecule has 0 radical (unpaired) electrons. The molecule has 5 heteroatoms. The van der Waals surface area contributed by atoms with Crippen LogP contribution in [0.3, 0.4) is 0 Å². The Balaban J connectivity index is 2.12. The van der Waals surface area contributed by atoms with E-state index >= 15 is 0 Å². The van der Waals surface area contributed by atoms with E-state index in [1.807, 2.05) is 24.3 Å². The summed E-state index contributed by atoms with van der Waals surface area (Å²) in [7, 11) is 0. The van der Waals surface area contributed by atoms with Crippen LogP contribution in [0.15, 0.2) is 40.5 Å². The molecule has 3 N–H and O–H groups in total. The minimum atomic E-state index is -0.525. The van der Waals surface area contributed by atoms with Crippen LogP contribution in [-0.4, -0.2) is 18.0 Å². The molecule has 5 nitrogen and oxygen atoms in total. The van der Waals surface area contributed by atoms with Gasteiger partial charge in [0.2, 0.25) is 0 Å². The van der Waals surface area contributed by atoms with Crippen molar-refractivity contribution in [1.82, 2.24) is 5.32 Å². The fourth-order valence-corrected chi connectivity index (χ4v) is 2.12. The van der Waals surface area contributed by atoms with E-state index in [-0.39, 0.29) is 11.6 Å². The lowest BCUT2D eigenvalue weighted by atomic mass is 9.92. The zero-order valence-corrected chi connectivity index (χ0v) is 8.81. The Bertz CT molecular complexity index is 602. The number of benzene rings is 1. The summed E-state index contributed by atoms with van der Waals surface area (Å²) in [5.41, 5.74) is 7.63. The molecular weight excluding hydrogens is 218 g/mol. The number of carbonyl (C=O) groups is 2. The number of hydrogen-bond donors (Lipinski definition) is 2. The number of amides is 2. The van der Waals surface area contributed by atoms with Crippen molar-refractivity contribution in [1.29, 1.82) is 0 Å². The molecule has 0 fully saturated rings. The average Bonchev–Trinajstić information content (AvgIpc) is 2.82. The van der Waals surface area contributed by atoms with Crippen LogP contribution >= 0.6 is 0 Å². The third-order valence-corrected chi connectivity index (χ3v) is 2.95. The van der Waals surface area contributed by atoms with Crippen molar-refractivity contribution >= 4 is 23.7 Å². The highest BCUT2D eigenvalue weighted by molar-refractivity contribution is 6.21. The van der Waals surface area contributed by atoms with Crippen LogP contribution in [0.4, 0.5) is 5.69 Å². The fourth-order valence-electron chi connectivity index (χ4n) is 2.12. The Hall–Kier alpha value is -2.43. The summed E-state index contributed by atoms with van der Waals surface area (Å²) in [5.74, 6) is -1.28. The molecule has 2 aliphatic rings. The molecule has 1 atom stereocenters. The van der Waals surface area contributed by atoms with Crippen LogP contribution < -0.4 is 11.1 Å². The molecule has 2 heterocycles. The van der Waals surface area contributed by atoms with Crippen molar-refractivity contribution in [3.63, 3.8) is 0 Å². The largest absolute Gasteiger partial charge is 0.394 e. The number of fused-ring (bicyclic) bond motifs is 1. The van der Waals surface area contributed by atoms with Gasteiger partial charge in [0.05, 0.1) is 17.2 Å². The van der Waals surface area contributed by atoms with Gasteiger partial charge in [-0.2, -0.15) is 0 Å². The van der Waals surface area contributed by atoms with Crippen molar-refractivity contribution < 1.29 is 9.59 Å². The number of para-hydroxylation sites is 1. The van der Waals surface area contributed by atoms with E-state index in [1.165, 1.54) is 0 Å². The Morgan fingerprint density at radius 3 is 2.65 bits per heavy atom. The van der Waals surface area contributed by atoms with Crippen LogP contribution in [0.25, 0.3) is 0 Å². The summed E-state index contributed by atoms with van der Waals surface area (Å²) in [6, 6.07) is 7.47. The third kappa shape index (κ3) is 1.29. The predicted molar refractivity (Wildman–Crippen MR) is 61.7 cm³/mol. The first-order valence-corrected chi connectivity index (χ1v) is 5.17. The second kappa shape index (κ2) is 3.28. The van der Waals surface area contributed by atoms with Gasteiger partial charge in [-0.25, -0.2) is 0 Å². The summed E-state index contributed by atoms with van der Waals surface area (Å²) in [4.78, 5) is 27.2. The molecule has 0 aliphatic carbocycles.